The van der Waals surface area contributed by atoms with E-state index in [0.29, 0.717) is 5.71 Å². The van der Waals surface area contributed by atoms with Gasteiger partial charge >= 0.3 is 0 Å². The fourth-order valence-corrected chi connectivity index (χ4v) is 0.438. The van der Waals surface area contributed by atoms with Crippen LogP contribution in [0.1, 0.15) is 0 Å². The lowest BCUT2D eigenvalue weighted by Crippen LogP contribution is -1.90. The molecule has 1 N–H and O–H groups in total. The van der Waals surface area contributed by atoms with E-state index in [1.54, 1.807) is 12.5 Å². The van der Waals surface area contributed by atoms with Crippen molar-refractivity contribution in [3.8, 4) is 0 Å². The Morgan fingerprint density at radius 2 is 2.29 bits per heavy atom. The minimum absolute atomic E-state index is 0.572. The molecular weight excluding hydrogens is 86.1 g/mol. The Kier molecular flexibility index (Phi) is 0.984. The number of hydrogen-bond acceptors (Lipinski definition) is 1. The highest BCUT2D eigenvalue weighted by Crippen LogP contribution is 1.93. The minimum Gasteiger partial charge on any atom is -0.275 e. The van der Waals surface area contributed by atoms with E-state index in [-0.39, 0.29) is 0 Å². The second kappa shape index (κ2) is 1.65. The van der Waals surface area contributed by atoms with E-state index in [2.05, 4.69) is 0 Å². The smallest absolute Gasteiger partial charge is 0.165 e. The monoisotopic (exact) mass is 92.0 g/mol. The third-order valence-corrected chi connectivity index (χ3v) is 0.774. The lowest BCUT2D eigenvalue weighted by Gasteiger charge is -1.82. The molecule has 0 aromatic heterocycles. The minimum atomic E-state index is 0.572. The van der Waals surface area contributed by atoms with Crippen LogP contribution >= 0.6 is 0 Å². The summed E-state index contributed by atoms with van der Waals surface area (Å²) in [6.45, 7) is 0. The molecule has 7 heavy (non-hydrogen) atoms. The Morgan fingerprint density at radius 3 is 2.57 bits per heavy atom. The fraction of sp³-hybridized carbons (Fsp3) is 0. The van der Waals surface area contributed by atoms with Gasteiger partial charge in [0.05, 0.1) is 24.6 Å². The van der Waals surface area contributed by atoms with Crippen LogP contribution in [0.2, 0.25) is 0 Å². The summed E-state index contributed by atoms with van der Waals surface area (Å²) in [4.78, 5) is 0. The molecule has 0 fully saturated rings. The summed E-state index contributed by atoms with van der Waals surface area (Å²) in [5.74, 6) is 0. The first-order valence-electron chi connectivity index (χ1n) is 2.16. The van der Waals surface area contributed by atoms with Crippen LogP contribution in [0.25, 0.3) is 0 Å². The molecule has 1 nitrogen and oxygen atoms in total. The highest BCUT2D eigenvalue weighted by atomic mass is 14.4. The first kappa shape index (κ1) is 4.19. The molecule has 1 aliphatic carbocycles. The zero-order chi connectivity index (χ0) is 5.11. The van der Waals surface area contributed by atoms with Crippen molar-refractivity contribution in [3.05, 3.63) is 30.7 Å². The Bertz CT molecular complexity index is 131. The SMILES string of the molecule is N=C1C=CC=C[CH+]1. The van der Waals surface area contributed by atoms with Crippen molar-refractivity contribution in [2.24, 2.45) is 0 Å². The van der Waals surface area contributed by atoms with Crippen LogP contribution in [0, 0.1) is 11.8 Å². The third-order valence-electron chi connectivity index (χ3n) is 0.774. The lowest BCUT2D eigenvalue weighted by molar-refractivity contribution is 1.50. The van der Waals surface area contributed by atoms with Crippen molar-refractivity contribution >= 4 is 5.71 Å². The molecule has 34 valence electrons. The second-order valence-electron chi connectivity index (χ2n) is 1.37. The van der Waals surface area contributed by atoms with Crippen LogP contribution in [0.5, 0.6) is 0 Å². The summed E-state index contributed by atoms with van der Waals surface area (Å²) in [5.41, 5.74) is 0.572. The van der Waals surface area contributed by atoms with Crippen molar-refractivity contribution in [3.63, 3.8) is 0 Å². The molecule has 1 heteroatoms. The first-order valence-corrected chi connectivity index (χ1v) is 2.16. The van der Waals surface area contributed by atoms with E-state index in [1.807, 2.05) is 18.2 Å². The number of allylic oxidation sites excluding steroid dienone is 4. The average molecular weight is 92.1 g/mol. The van der Waals surface area contributed by atoms with Crippen molar-refractivity contribution in [1.29, 1.82) is 5.41 Å². The highest BCUT2D eigenvalue weighted by molar-refractivity contribution is 6.01. The maximum absolute atomic E-state index is 7.00. The van der Waals surface area contributed by atoms with Gasteiger partial charge in [-0.05, 0) is 0 Å². The maximum Gasteiger partial charge on any atom is 0.165 e. The molecule has 0 saturated carbocycles. The molecule has 0 radical (unpaired) electrons. The second-order valence-corrected chi connectivity index (χ2v) is 1.37. The van der Waals surface area contributed by atoms with E-state index in [9.17, 15) is 0 Å². The summed E-state index contributed by atoms with van der Waals surface area (Å²) in [6.07, 6.45) is 9.10. The van der Waals surface area contributed by atoms with Crippen molar-refractivity contribution in [2.75, 3.05) is 0 Å². The van der Waals surface area contributed by atoms with Crippen molar-refractivity contribution in [1.82, 2.24) is 0 Å². The zero-order valence-corrected chi connectivity index (χ0v) is 3.89. The molecule has 0 aromatic carbocycles. The van der Waals surface area contributed by atoms with Crippen LogP contribution in [-0.2, 0) is 0 Å². The topological polar surface area (TPSA) is 23.9 Å². The van der Waals surface area contributed by atoms with Gasteiger partial charge in [0.1, 0.15) is 0 Å². The molecule has 0 spiro atoms. The Hall–Kier alpha value is -0.980. The van der Waals surface area contributed by atoms with Crippen LogP contribution < -0.4 is 0 Å². The summed E-state index contributed by atoms with van der Waals surface area (Å²) < 4.78 is 0. The van der Waals surface area contributed by atoms with E-state index in [0.717, 1.165) is 0 Å². The molecule has 1 aliphatic rings. The molecule has 0 bridgehead atoms. The van der Waals surface area contributed by atoms with Gasteiger partial charge in [0.15, 0.2) is 5.71 Å². The summed E-state index contributed by atoms with van der Waals surface area (Å²) in [7, 11) is 0. The maximum atomic E-state index is 7.00. The van der Waals surface area contributed by atoms with E-state index >= 15 is 0 Å². The van der Waals surface area contributed by atoms with Gasteiger partial charge in [-0.15, -0.1) is 0 Å². The Balaban J connectivity index is 2.66. The van der Waals surface area contributed by atoms with Gasteiger partial charge in [-0.3, -0.25) is 5.41 Å². The van der Waals surface area contributed by atoms with Crippen LogP contribution in [0.15, 0.2) is 24.3 Å². The van der Waals surface area contributed by atoms with Gasteiger partial charge in [0.25, 0.3) is 0 Å². The predicted octanol–water partition coefficient (Wildman–Crippen LogP) is 1.34. The molecule has 0 saturated heterocycles. The van der Waals surface area contributed by atoms with E-state index in [1.165, 1.54) is 0 Å². The standard InChI is InChI=1S/C6H6N/c7-6-4-2-1-3-5-6/h1-5,7H/q+1. The molecule has 0 unspecified atom stereocenters. The average Bonchev–Trinajstić information content (AvgIpc) is 1.69. The highest BCUT2D eigenvalue weighted by Gasteiger charge is 1.97. The molecule has 0 amide bonds. The fourth-order valence-electron chi connectivity index (χ4n) is 0.438. The molecular formula is C6H6N+. The number of hydrogen-bond donors (Lipinski definition) is 1. The molecule has 0 aromatic rings. The normalized spacial score (nSPS) is 16.9. The third kappa shape index (κ3) is 0.929. The zero-order valence-electron chi connectivity index (χ0n) is 3.89. The van der Waals surface area contributed by atoms with Crippen molar-refractivity contribution < 1.29 is 0 Å². The molecule has 0 aliphatic heterocycles. The number of rotatable bonds is 0. The van der Waals surface area contributed by atoms with Gasteiger partial charge in [0, 0.05) is 6.08 Å². The molecule has 1 rings (SSSR count). The lowest BCUT2D eigenvalue weighted by atomic mass is 10.2. The summed E-state index contributed by atoms with van der Waals surface area (Å²) in [5, 5.41) is 7.00. The summed E-state index contributed by atoms with van der Waals surface area (Å²) in [6, 6.07) is 0. The quantitative estimate of drug-likeness (QED) is 0.436. The van der Waals surface area contributed by atoms with Gasteiger partial charge in [-0.25, -0.2) is 0 Å². The Labute approximate surface area is 42.9 Å². The first-order chi connectivity index (χ1) is 3.39. The molecule has 0 heterocycles. The predicted molar refractivity (Wildman–Crippen MR) is 30.3 cm³/mol. The van der Waals surface area contributed by atoms with Crippen LogP contribution in [0.3, 0.4) is 0 Å². The van der Waals surface area contributed by atoms with Crippen LogP contribution in [-0.4, -0.2) is 5.71 Å². The summed E-state index contributed by atoms with van der Waals surface area (Å²) >= 11 is 0. The van der Waals surface area contributed by atoms with Gasteiger partial charge in [-0.1, -0.05) is 0 Å². The number of nitrogens with one attached hydrogen (secondary N) is 1. The van der Waals surface area contributed by atoms with E-state index in [4.69, 9.17) is 5.41 Å². The largest absolute Gasteiger partial charge is 0.275 e. The van der Waals surface area contributed by atoms with Gasteiger partial charge < -0.3 is 0 Å². The van der Waals surface area contributed by atoms with Gasteiger partial charge in [-0.2, -0.15) is 0 Å². The van der Waals surface area contributed by atoms with Crippen molar-refractivity contribution in [2.45, 2.75) is 0 Å². The Morgan fingerprint density at radius 1 is 1.43 bits per heavy atom. The van der Waals surface area contributed by atoms with Gasteiger partial charge in [0.2, 0.25) is 0 Å². The van der Waals surface area contributed by atoms with E-state index < -0.39 is 0 Å². The van der Waals surface area contributed by atoms with Crippen LogP contribution in [0.4, 0.5) is 0 Å². The molecule has 0 atom stereocenters.